The maximum atomic E-state index is 4.13. The smallest absolute Gasteiger partial charge is 0.0949 e. The number of hydrogen-bond acceptors (Lipinski definition) is 1. The summed E-state index contributed by atoms with van der Waals surface area (Å²) < 4.78 is 2.22. The minimum absolute atomic E-state index is 0.135. The van der Waals surface area contributed by atoms with E-state index in [2.05, 4.69) is 105 Å². The van der Waals surface area contributed by atoms with Crippen molar-refractivity contribution in [1.29, 1.82) is 0 Å². The summed E-state index contributed by atoms with van der Waals surface area (Å²) in [6.45, 7) is 7.54. The Bertz CT molecular complexity index is 829. The molecule has 0 aliphatic heterocycles. The maximum Gasteiger partial charge on any atom is 0.0949 e. The Labute approximate surface area is 166 Å². The Morgan fingerprint density at radius 1 is 1.00 bits per heavy atom. The van der Waals surface area contributed by atoms with Crippen molar-refractivity contribution in [2.75, 3.05) is 0 Å². The van der Waals surface area contributed by atoms with Crippen LogP contribution in [0, 0.1) is 0 Å². The third-order valence-corrected chi connectivity index (χ3v) is 5.33. The summed E-state index contributed by atoms with van der Waals surface area (Å²) in [5, 5.41) is 0. The van der Waals surface area contributed by atoms with Gasteiger partial charge < -0.3 is 4.57 Å². The summed E-state index contributed by atoms with van der Waals surface area (Å²) in [7, 11) is 0. The van der Waals surface area contributed by atoms with E-state index in [1.54, 1.807) is 0 Å². The molecule has 0 radical (unpaired) electrons. The molecule has 2 nitrogen and oxygen atoms in total. The SMILES string of the molecule is CC(C)(C)c1ccc(-c2cc(Cn3ccnc3)cc(C(Br)Br)c2)cc1. The van der Waals surface area contributed by atoms with Gasteiger partial charge in [-0.25, -0.2) is 4.98 Å². The van der Waals surface area contributed by atoms with Crippen molar-refractivity contribution in [1.82, 2.24) is 9.55 Å². The third kappa shape index (κ3) is 4.62. The molecule has 3 rings (SSSR count). The molecule has 2 aromatic carbocycles. The predicted molar refractivity (Wildman–Crippen MR) is 113 cm³/mol. The second-order valence-corrected chi connectivity index (χ2v) is 10.4. The average Bonchev–Trinajstić information content (AvgIpc) is 3.07. The number of benzene rings is 2. The molecule has 0 aliphatic carbocycles. The number of alkyl halides is 2. The quantitative estimate of drug-likeness (QED) is 0.396. The first kappa shape index (κ1) is 18.4. The molecular formula is C21H22Br2N2. The van der Waals surface area contributed by atoms with Gasteiger partial charge in [0.2, 0.25) is 0 Å². The van der Waals surface area contributed by atoms with Gasteiger partial charge in [0, 0.05) is 18.9 Å². The standard InChI is InChI=1S/C21H22Br2N2/c1-21(2,3)19-6-4-16(5-7-19)17-10-15(11-18(12-17)20(22)23)13-25-9-8-24-14-25/h4-12,14,20H,13H2,1-3H3. The number of nitrogens with zero attached hydrogens (tertiary/aromatic N) is 2. The Balaban J connectivity index is 1.98. The Morgan fingerprint density at radius 2 is 1.72 bits per heavy atom. The molecule has 0 unspecified atom stereocenters. The van der Waals surface area contributed by atoms with Crippen LogP contribution in [0.2, 0.25) is 0 Å². The van der Waals surface area contributed by atoms with Crippen LogP contribution in [0.5, 0.6) is 0 Å². The van der Waals surface area contributed by atoms with Crippen LogP contribution in [-0.2, 0) is 12.0 Å². The van der Waals surface area contributed by atoms with E-state index in [0.717, 1.165) is 6.54 Å². The fourth-order valence-corrected chi connectivity index (χ4v) is 3.38. The van der Waals surface area contributed by atoms with Gasteiger partial charge in [0.1, 0.15) is 0 Å². The number of imidazole rings is 1. The number of rotatable bonds is 4. The van der Waals surface area contributed by atoms with Crippen LogP contribution < -0.4 is 0 Å². The molecule has 0 N–H and O–H groups in total. The average molecular weight is 462 g/mol. The van der Waals surface area contributed by atoms with Gasteiger partial charge in [-0.15, -0.1) is 0 Å². The first-order valence-electron chi connectivity index (χ1n) is 8.31. The molecule has 0 saturated carbocycles. The van der Waals surface area contributed by atoms with E-state index in [1.807, 2.05) is 18.7 Å². The Morgan fingerprint density at radius 3 is 2.28 bits per heavy atom. The van der Waals surface area contributed by atoms with Crippen LogP contribution >= 0.6 is 31.9 Å². The number of aromatic nitrogens is 2. The molecule has 0 saturated heterocycles. The molecule has 0 aliphatic rings. The van der Waals surface area contributed by atoms with Gasteiger partial charge in [0.25, 0.3) is 0 Å². The van der Waals surface area contributed by atoms with E-state index in [9.17, 15) is 0 Å². The van der Waals surface area contributed by atoms with Crippen LogP contribution in [0.1, 0.15) is 41.2 Å². The van der Waals surface area contributed by atoms with Crippen molar-refractivity contribution in [3.8, 4) is 11.1 Å². The lowest BCUT2D eigenvalue weighted by Gasteiger charge is -2.19. The summed E-state index contributed by atoms with van der Waals surface area (Å²) in [4.78, 5) is 4.13. The zero-order valence-corrected chi connectivity index (χ0v) is 17.9. The first-order chi connectivity index (χ1) is 11.8. The van der Waals surface area contributed by atoms with Crippen molar-refractivity contribution >= 4 is 31.9 Å². The van der Waals surface area contributed by atoms with Crippen LogP contribution in [0.4, 0.5) is 0 Å². The van der Waals surface area contributed by atoms with Crippen molar-refractivity contribution in [2.24, 2.45) is 0 Å². The lowest BCUT2D eigenvalue weighted by Crippen LogP contribution is -2.10. The predicted octanol–water partition coefficient (Wildman–Crippen LogP) is 6.68. The van der Waals surface area contributed by atoms with Crippen molar-refractivity contribution in [2.45, 2.75) is 36.5 Å². The van der Waals surface area contributed by atoms with E-state index in [1.165, 1.54) is 27.8 Å². The molecule has 1 aromatic heterocycles. The molecule has 0 fully saturated rings. The fourth-order valence-electron chi connectivity index (χ4n) is 2.86. The Hall–Kier alpha value is -1.39. The lowest BCUT2D eigenvalue weighted by molar-refractivity contribution is 0.590. The summed E-state index contributed by atoms with van der Waals surface area (Å²) in [5.74, 6) is 0. The van der Waals surface area contributed by atoms with Crippen LogP contribution in [0.3, 0.4) is 0 Å². The minimum atomic E-state index is 0.135. The largest absolute Gasteiger partial charge is 0.333 e. The van der Waals surface area contributed by atoms with E-state index >= 15 is 0 Å². The Kier molecular flexibility index (Phi) is 5.49. The molecule has 130 valence electrons. The summed E-state index contributed by atoms with van der Waals surface area (Å²) in [6, 6.07) is 15.6. The highest BCUT2D eigenvalue weighted by Gasteiger charge is 2.14. The highest BCUT2D eigenvalue weighted by Crippen LogP contribution is 2.34. The minimum Gasteiger partial charge on any atom is -0.333 e. The van der Waals surface area contributed by atoms with Crippen molar-refractivity contribution in [3.63, 3.8) is 0 Å². The van der Waals surface area contributed by atoms with Gasteiger partial charge in [-0.05, 0) is 45.4 Å². The lowest BCUT2D eigenvalue weighted by atomic mass is 9.86. The molecule has 1 heterocycles. The highest BCUT2D eigenvalue weighted by molar-refractivity contribution is 9.24. The van der Waals surface area contributed by atoms with E-state index in [-0.39, 0.29) is 9.15 Å². The van der Waals surface area contributed by atoms with Crippen LogP contribution in [-0.4, -0.2) is 9.55 Å². The second-order valence-electron chi connectivity index (χ2n) is 7.33. The van der Waals surface area contributed by atoms with Gasteiger partial charge in [-0.2, -0.15) is 0 Å². The van der Waals surface area contributed by atoms with Crippen LogP contribution in [0.25, 0.3) is 11.1 Å². The normalized spacial score (nSPS) is 11.9. The van der Waals surface area contributed by atoms with E-state index < -0.39 is 0 Å². The molecule has 0 bridgehead atoms. The van der Waals surface area contributed by atoms with Crippen molar-refractivity contribution in [3.05, 3.63) is 77.9 Å². The van der Waals surface area contributed by atoms with Gasteiger partial charge in [-0.3, -0.25) is 0 Å². The molecule has 0 spiro atoms. The molecule has 0 amide bonds. The second kappa shape index (κ2) is 7.46. The van der Waals surface area contributed by atoms with E-state index in [0.29, 0.717) is 0 Å². The van der Waals surface area contributed by atoms with Crippen LogP contribution in [0.15, 0.2) is 61.2 Å². The summed E-state index contributed by atoms with van der Waals surface area (Å²) in [6.07, 6.45) is 5.65. The third-order valence-electron chi connectivity index (χ3n) is 4.28. The zero-order valence-electron chi connectivity index (χ0n) is 14.7. The summed E-state index contributed by atoms with van der Waals surface area (Å²) in [5.41, 5.74) is 6.47. The molecule has 0 atom stereocenters. The highest BCUT2D eigenvalue weighted by atomic mass is 79.9. The molecule has 3 aromatic rings. The zero-order chi connectivity index (χ0) is 18.0. The monoisotopic (exact) mass is 460 g/mol. The fraction of sp³-hybridized carbons (Fsp3) is 0.286. The number of halogens is 2. The topological polar surface area (TPSA) is 17.8 Å². The molecule has 4 heteroatoms. The van der Waals surface area contributed by atoms with E-state index in [4.69, 9.17) is 0 Å². The maximum absolute atomic E-state index is 4.13. The first-order valence-corrected chi connectivity index (χ1v) is 10.1. The van der Waals surface area contributed by atoms with Gasteiger partial charge >= 0.3 is 0 Å². The van der Waals surface area contributed by atoms with Gasteiger partial charge in [-0.1, -0.05) is 83.0 Å². The number of hydrogen-bond donors (Lipinski definition) is 0. The van der Waals surface area contributed by atoms with Gasteiger partial charge in [0.15, 0.2) is 0 Å². The molecular weight excluding hydrogens is 440 g/mol. The molecule has 25 heavy (non-hydrogen) atoms. The van der Waals surface area contributed by atoms with Crippen molar-refractivity contribution < 1.29 is 0 Å². The summed E-state index contributed by atoms with van der Waals surface area (Å²) >= 11 is 7.27. The van der Waals surface area contributed by atoms with Gasteiger partial charge in [0.05, 0.1) is 10.1 Å².